The van der Waals surface area contributed by atoms with E-state index in [0.717, 1.165) is 31.8 Å². The molecule has 1 saturated heterocycles. The normalized spacial score (nSPS) is 19.8. The molecule has 0 unspecified atom stereocenters. The molecule has 1 aromatic carbocycles. The van der Waals surface area contributed by atoms with Crippen molar-refractivity contribution in [2.45, 2.75) is 31.8 Å². The quantitative estimate of drug-likeness (QED) is 0.836. The van der Waals surface area contributed by atoms with Crippen LogP contribution in [0.1, 0.15) is 36.0 Å². The Balaban J connectivity index is 1.52. The molecule has 1 aliphatic heterocycles. The summed E-state index contributed by atoms with van der Waals surface area (Å²) in [5.74, 6) is -0.356. The molecule has 2 fully saturated rings. The summed E-state index contributed by atoms with van der Waals surface area (Å²) in [6.07, 6.45) is 3.16. The zero-order valence-corrected chi connectivity index (χ0v) is 12.9. The van der Waals surface area contributed by atoms with Crippen molar-refractivity contribution in [2.24, 2.45) is 5.41 Å². The van der Waals surface area contributed by atoms with Crippen LogP contribution >= 0.6 is 0 Å². The van der Waals surface area contributed by atoms with Crippen molar-refractivity contribution >= 4 is 11.9 Å². The molecule has 23 heavy (non-hydrogen) atoms. The van der Waals surface area contributed by atoms with Gasteiger partial charge in [-0.15, -0.1) is 0 Å². The van der Waals surface area contributed by atoms with E-state index in [1.165, 1.54) is 0 Å². The van der Waals surface area contributed by atoms with Gasteiger partial charge in [0.05, 0.1) is 18.6 Å². The van der Waals surface area contributed by atoms with E-state index >= 15 is 0 Å². The Morgan fingerprint density at radius 3 is 2.43 bits per heavy atom. The minimum Gasteiger partial charge on any atom is -0.490 e. The number of carboxylic acids is 1. The van der Waals surface area contributed by atoms with Crippen LogP contribution in [0.15, 0.2) is 24.3 Å². The summed E-state index contributed by atoms with van der Waals surface area (Å²) in [6, 6.07) is 6.94. The highest BCUT2D eigenvalue weighted by Crippen LogP contribution is 2.45. The number of benzene rings is 1. The molecule has 0 radical (unpaired) electrons. The van der Waals surface area contributed by atoms with Crippen LogP contribution in [-0.2, 0) is 9.53 Å². The summed E-state index contributed by atoms with van der Waals surface area (Å²) in [6.45, 7) is 1.62. The van der Waals surface area contributed by atoms with Gasteiger partial charge in [0.15, 0.2) is 0 Å². The predicted molar refractivity (Wildman–Crippen MR) is 82.5 cm³/mol. The van der Waals surface area contributed by atoms with Gasteiger partial charge in [-0.3, -0.25) is 9.59 Å². The highest BCUT2D eigenvalue weighted by atomic mass is 16.5. The molecule has 0 aromatic heterocycles. The molecule has 1 amide bonds. The van der Waals surface area contributed by atoms with E-state index in [1.54, 1.807) is 24.3 Å². The fraction of sp³-hybridized carbons (Fsp3) is 0.529. The first-order chi connectivity index (χ1) is 11.1. The van der Waals surface area contributed by atoms with Gasteiger partial charge in [0.2, 0.25) is 0 Å². The van der Waals surface area contributed by atoms with Crippen LogP contribution in [0.3, 0.4) is 0 Å². The molecule has 2 aliphatic rings. The number of nitrogens with one attached hydrogen (secondary N) is 1. The Kier molecular flexibility index (Phi) is 4.52. The number of hydrogen-bond acceptors (Lipinski definition) is 4. The molecule has 1 aromatic rings. The number of aliphatic carboxylic acids is 1. The van der Waals surface area contributed by atoms with Crippen LogP contribution in [-0.4, -0.2) is 42.8 Å². The van der Waals surface area contributed by atoms with Crippen molar-refractivity contribution in [3.63, 3.8) is 0 Å². The molecule has 0 atom stereocenters. The molecular weight excluding hydrogens is 298 g/mol. The average Bonchev–Trinajstić information content (AvgIpc) is 3.36. The topological polar surface area (TPSA) is 84.9 Å². The second-order valence-corrected chi connectivity index (χ2v) is 6.22. The Bertz CT molecular complexity index is 573. The first-order valence-electron chi connectivity index (χ1n) is 7.95. The number of carboxylic acid groups (broad SMARTS) is 1. The Hall–Kier alpha value is -2.08. The standard InChI is InChI=1S/C17H21NO5/c19-15(18-11-17(7-8-17)16(20)21)12-1-3-13(4-2-12)23-14-5-9-22-10-6-14/h1-4,14H,5-11H2,(H,18,19)(H,20,21). The molecule has 0 bridgehead atoms. The third-order valence-corrected chi connectivity index (χ3v) is 4.48. The van der Waals surface area contributed by atoms with Gasteiger partial charge in [-0.25, -0.2) is 0 Å². The minimum atomic E-state index is -0.835. The van der Waals surface area contributed by atoms with Gasteiger partial charge in [0.1, 0.15) is 11.9 Å². The van der Waals surface area contributed by atoms with Gasteiger partial charge in [-0.05, 0) is 37.1 Å². The predicted octanol–water partition coefficient (Wildman–Crippen LogP) is 1.84. The maximum atomic E-state index is 12.1. The fourth-order valence-electron chi connectivity index (χ4n) is 2.64. The van der Waals surface area contributed by atoms with Crippen molar-refractivity contribution in [1.82, 2.24) is 5.32 Å². The fourth-order valence-corrected chi connectivity index (χ4v) is 2.64. The number of ether oxygens (including phenoxy) is 2. The lowest BCUT2D eigenvalue weighted by atomic mass is 10.1. The van der Waals surface area contributed by atoms with E-state index in [1.807, 2.05) is 0 Å². The first-order valence-corrected chi connectivity index (χ1v) is 7.95. The van der Waals surface area contributed by atoms with Crippen molar-refractivity contribution in [2.75, 3.05) is 19.8 Å². The van der Waals surface area contributed by atoms with E-state index < -0.39 is 11.4 Å². The summed E-state index contributed by atoms with van der Waals surface area (Å²) in [7, 11) is 0. The van der Waals surface area contributed by atoms with E-state index in [4.69, 9.17) is 14.6 Å². The van der Waals surface area contributed by atoms with Crippen LogP contribution in [0, 0.1) is 5.41 Å². The third-order valence-electron chi connectivity index (χ3n) is 4.48. The maximum absolute atomic E-state index is 12.1. The van der Waals surface area contributed by atoms with Crippen molar-refractivity contribution in [3.05, 3.63) is 29.8 Å². The average molecular weight is 319 g/mol. The Morgan fingerprint density at radius 2 is 1.87 bits per heavy atom. The molecule has 6 nitrogen and oxygen atoms in total. The van der Waals surface area contributed by atoms with E-state index in [9.17, 15) is 9.59 Å². The second kappa shape index (κ2) is 6.58. The molecule has 1 saturated carbocycles. The monoisotopic (exact) mass is 319 g/mol. The molecular formula is C17H21NO5. The molecule has 1 heterocycles. The summed E-state index contributed by atoms with van der Waals surface area (Å²) >= 11 is 0. The highest BCUT2D eigenvalue weighted by Gasteiger charge is 2.50. The van der Waals surface area contributed by atoms with Crippen LogP contribution < -0.4 is 10.1 Å². The summed E-state index contributed by atoms with van der Waals surface area (Å²) in [5.41, 5.74) is -0.243. The highest BCUT2D eigenvalue weighted by molar-refractivity contribution is 5.94. The van der Waals surface area contributed by atoms with Crippen LogP contribution in [0.2, 0.25) is 0 Å². The molecule has 0 spiro atoms. The zero-order chi connectivity index (χ0) is 16.3. The number of hydrogen-bond donors (Lipinski definition) is 2. The molecule has 2 N–H and O–H groups in total. The van der Waals surface area contributed by atoms with Crippen LogP contribution in [0.25, 0.3) is 0 Å². The van der Waals surface area contributed by atoms with E-state index in [2.05, 4.69) is 5.32 Å². The largest absolute Gasteiger partial charge is 0.490 e. The van der Waals surface area contributed by atoms with Crippen LogP contribution in [0.4, 0.5) is 0 Å². The number of carbonyl (C=O) groups excluding carboxylic acids is 1. The van der Waals surface area contributed by atoms with Crippen molar-refractivity contribution in [1.29, 1.82) is 0 Å². The first kappa shape index (κ1) is 15.8. The smallest absolute Gasteiger partial charge is 0.311 e. The van der Waals surface area contributed by atoms with Gasteiger partial charge < -0.3 is 19.9 Å². The number of amides is 1. The number of carbonyl (C=O) groups is 2. The zero-order valence-electron chi connectivity index (χ0n) is 12.9. The molecule has 6 heteroatoms. The van der Waals surface area contributed by atoms with E-state index in [0.29, 0.717) is 18.4 Å². The van der Waals surface area contributed by atoms with Gasteiger partial charge >= 0.3 is 5.97 Å². The van der Waals surface area contributed by atoms with Crippen LogP contribution in [0.5, 0.6) is 5.75 Å². The van der Waals surface area contributed by atoms with Gasteiger partial charge in [-0.1, -0.05) is 0 Å². The molecule has 3 rings (SSSR count). The lowest BCUT2D eigenvalue weighted by Gasteiger charge is -2.23. The Labute approximate surface area is 134 Å². The number of rotatable bonds is 6. The summed E-state index contributed by atoms with van der Waals surface area (Å²) in [5, 5.41) is 11.8. The lowest BCUT2D eigenvalue weighted by Crippen LogP contribution is -2.34. The van der Waals surface area contributed by atoms with E-state index in [-0.39, 0.29) is 18.6 Å². The SMILES string of the molecule is O=C(NCC1(C(=O)O)CC1)c1ccc(OC2CCOCC2)cc1. The second-order valence-electron chi connectivity index (χ2n) is 6.22. The lowest BCUT2D eigenvalue weighted by molar-refractivity contribution is -0.143. The maximum Gasteiger partial charge on any atom is 0.311 e. The van der Waals surface area contributed by atoms with Gasteiger partial charge in [0, 0.05) is 24.9 Å². The molecule has 124 valence electrons. The van der Waals surface area contributed by atoms with Crippen molar-refractivity contribution in [3.8, 4) is 5.75 Å². The summed E-state index contributed by atoms with van der Waals surface area (Å²) < 4.78 is 11.1. The third kappa shape index (κ3) is 3.82. The van der Waals surface area contributed by atoms with Crippen molar-refractivity contribution < 1.29 is 24.2 Å². The summed E-state index contributed by atoms with van der Waals surface area (Å²) in [4.78, 5) is 23.2. The van der Waals surface area contributed by atoms with Gasteiger partial charge in [0.25, 0.3) is 5.91 Å². The minimum absolute atomic E-state index is 0.161. The Morgan fingerprint density at radius 1 is 1.22 bits per heavy atom. The van der Waals surface area contributed by atoms with Gasteiger partial charge in [-0.2, -0.15) is 0 Å². The molecule has 1 aliphatic carbocycles.